The van der Waals surface area contributed by atoms with Crippen molar-refractivity contribution in [1.29, 1.82) is 0 Å². The standard InChI is InChI=1S/C22H39NO5/c1-2-3-4-5-6-7-8-9-10-11-12-13-14-15-16-17-20(24)23-19(22(27)28)18-21(25)26/h9-10,19H,2-8,11-18H2,1H3,(H,23,24)(H,25,26)(H,27,28). The van der Waals surface area contributed by atoms with Crippen molar-refractivity contribution in [2.45, 2.75) is 109 Å². The number of carboxylic acid groups (broad SMARTS) is 2. The maximum absolute atomic E-state index is 11.7. The van der Waals surface area contributed by atoms with Crippen molar-refractivity contribution in [2.24, 2.45) is 0 Å². The van der Waals surface area contributed by atoms with Crippen LogP contribution >= 0.6 is 0 Å². The average molecular weight is 398 g/mol. The highest BCUT2D eigenvalue weighted by atomic mass is 16.4. The molecule has 0 heterocycles. The molecule has 0 rings (SSSR count). The Kier molecular flexibility index (Phi) is 17.3. The second-order valence-electron chi connectivity index (χ2n) is 7.39. The molecule has 1 amide bonds. The molecule has 0 aliphatic carbocycles. The highest BCUT2D eigenvalue weighted by Crippen LogP contribution is 2.10. The third-order valence-electron chi connectivity index (χ3n) is 4.68. The van der Waals surface area contributed by atoms with E-state index in [0.717, 1.165) is 32.1 Å². The number of aliphatic carboxylic acids is 2. The van der Waals surface area contributed by atoms with Gasteiger partial charge in [-0.2, -0.15) is 0 Å². The minimum Gasteiger partial charge on any atom is -0.481 e. The van der Waals surface area contributed by atoms with Crippen LogP contribution in [-0.4, -0.2) is 34.1 Å². The van der Waals surface area contributed by atoms with E-state index in [-0.39, 0.29) is 6.42 Å². The maximum atomic E-state index is 11.7. The number of allylic oxidation sites excluding steroid dienone is 2. The van der Waals surface area contributed by atoms with Crippen LogP contribution in [0.5, 0.6) is 0 Å². The van der Waals surface area contributed by atoms with E-state index in [9.17, 15) is 14.4 Å². The molecular formula is C22H39NO5. The molecule has 162 valence electrons. The molecule has 0 fully saturated rings. The molecule has 6 nitrogen and oxygen atoms in total. The van der Waals surface area contributed by atoms with Crippen molar-refractivity contribution in [2.75, 3.05) is 0 Å². The first-order valence-electron chi connectivity index (χ1n) is 10.9. The van der Waals surface area contributed by atoms with E-state index >= 15 is 0 Å². The highest BCUT2D eigenvalue weighted by Gasteiger charge is 2.22. The number of carboxylic acids is 2. The van der Waals surface area contributed by atoms with Gasteiger partial charge in [0, 0.05) is 6.42 Å². The van der Waals surface area contributed by atoms with Gasteiger partial charge in [0.1, 0.15) is 6.04 Å². The molecule has 0 aromatic rings. The first kappa shape index (κ1) is 26.1. The zero-order valence-corrected chi connectivity index (χ0v) is 17.5. The largest absolute Gasteiger partial charge is 0.481 e. The summed E-state index contributed by atoms with van der Waals surface area (Å²) in [6.45, 7) is 2.24. The van der Waals surface area contributed by atoms with Gasteiger partial charge >= 0.3 is 11.9 Å². The van der Waals surface area contributed by atoms with Gasteiger partial charge in [0.05, 0.1) is 6.42 Å². The Balaban J connectivity index is 3.51. The van der Waals surface area contributed by atoms with Crippen LogP contribution in [0.1, 0.15) is 103 Å². The van der Waals surface area contributed by atoms with Crippen molar-refractivity contribution in [3.8, 4) is 0 Å². The van der Waals surface area contributed by atoms with Crippen molar-refractivity contribution in [3.63, 3.8) is 0 Å². The van der Waals surface area contributed by atoms with Gasteiger partial charge in [0.25, 0.3) is 0 Å². The van der Waals surface area contributed by atoms with E-state index < -0.39 is 30.3 Å². The van der Waals surface area contributed by atoms with Crippen LogP contribution in [0, 0.1) is 0 Å². The topological polar surface area (TPSA) is 104 Å². The van der Waals surface area contributed by atoms with Crippen LogP contribution in [0.15, 0.2) is 12.2 Å². The van der Waals surface area contributed by atoms with Gasteiger partial charge in [-0.05, 0) is 32.1 Å². The molecule has 0 spiro atoms. The molecule has 0 saturated heterocycles. The Bertz CT molecular complexity index is 462. The molecule has 0 aromatic carbocycles. The smallest absolute Gasteiger partial charge is 0.326 e. The fourth-order valence-electron chi connectivity index (χ4n) is 3.00. The minimum atomic E-state index is -1.35. The van der Waals surface area contributed by atoms with Crippen LogP contribution in [0.3, 0.4) is 0 Å². The Hall–Kier alpha value is -1.85. The van der Waals surface area contributed by atoms with Gasteiger partial charge in [0.2, 0.25) is 5.91 Å². The number of hydrogen-bond acceptors (Lipinski definition) is 3. The first-order chi connectivity index (χ1) is 13.5. The molecule has 3 N–H and O–H groups in total. The minimum absolute atomic E-state index is 0.238. The van der Waals surface area contributed by atoms with E-state index in [4.69, 9.17) is 10.2 Å². The van der Waals surface area contributed by atoms with Gasteiger partial charge in [0.15, 0.2) is 0 Å². The maximum Gasteiger partial charge on any atom is 0.326 e. The van der Waals surface area contributed by atoms with Gasteiger partial charge in [-0.1, -0.05) is 70.4 Å². The summed E-state index contributed by atoms with van der Waals surface area (Å²) in [4.78, 5) is 33.2. The van der Waals surface area contributed by atoms with E-state index in [0.29, 0.717) is 6.42 Å². The number of rotatable bonds is 19. The van der Waals surface area contributed by atoms with Crippen molar-refractivity contribution in [3.05, 3.63) is 12.2 Å². The lowest BCUT2D eigenvalue weighted by atomic mass is 10.1. The van der Waals surface area contributed by atoms with Gasteiger partial charge < -0.3 is 15.5 Å². The van der Waals surface area contributed by atoms with Gasteiger partial charge in [-0.25, -0.2) is 4.79 Å². The number of amides is 1. The van der Waals surface area contributed by atoms with Crippen LogP contribution in [0.2, 0.25) is 0 Å². The van der Waals surface area contributed by atoms with Gasteiger partial charge in [-0.15, -0.1) is 0 Å². The SMILES string of the molecule is CCCCCCCCC=CCCCCCCCC(=O)NC(CC(=O)O)C(=O)O. The Morgan fingerprint density at radius 1 is 0.786 bits per heavy atom. The Morgan fingerprint density at radius 3 is 1.79 bits per heavy atom. The molecule has 6 heteroatoms. The lowest BCUT2D eigenvalue weighted by Gasteiger charge is -2.12. The third-order valence-corrected chi connectivity index (χ3v) is 4.68. The summed E-state index contributed by atoms with van der Waals surface area (Å²) < 4.78 is 0. The zero-order valence-electron chi connectivity index (χ0n) is 17.5. The molecule has 0 saturated carbocycles. The highest BCUT2D eigenvalue weighted by molar-refractivity contribution is 5.86. The van der Waals surface area contributed by atoms with Crippen molar-refractivity contribution < 1.29 is 24.6 Å². The molecule has 0 bridgehead atoms. The summed E-state index contributed by atoms with van der Waals surface area (Å²) in [6, 6.07) is -1.35. The quantitative estimate of drug-likeness (QED) is 0.209. The zero-order chi connectivity index (χ0) is 21.0. The van der Waals surface area contributed by atoms with Crippen LogP contribution < -0.4 is 5.32 Å². The summed E-state index contributed by atoms with van der Waals surface area (Å²) in [5.74, 6) is -2.96. The normalized spacial score (nSPS) is 12.2. The number of hydrogen-bond donors (Lipinski definition) is 3. The number of unbranched alkanes of at least 4 members (excludes halogenated alkanes) is 11. The van der Waals surface area contributed by atoms with Crippen molar-refractivity contribution >= 4 is 17.8 Å². The molecule has 0 aliphatic rings. The summed E-state index contributed by atoms with van der Waals surface area (Å²) in [5, 5.41) is 19.8. The van der Waals surface area contributed by atoms with Crippen molar-refractivity contribution in [1.82, 2.24) is 5.32 Å². The fraction of sp³-hybridized carbons (Fsp3) is 0.773. The molecule has 28 heavy (non-hydrogen) atoms. The lowest BCUT2D eigenvalue weighted by molar-refractivity contribution is -0.147. The van der Waals surface area contributed by atoms with Crippen LogP contribution in [-0.2, 0) is 14.4 Å². The Labute approximate surface area is 169 Å². The molecular weight excluding hydrogens is 358 g/mol. The second-order valence-corrected chi connectivity index (χ2v) is 7.39. The fourth-order valence-corrected chi connectivity index (χ4v) is 3.00. The summed E-state index contributed by atoms with van der Waals surface area (Å²) in [7, 11) is 0. The lowest BCUT2D eigenvalue weighted by Crippen LogP contribution is -2.42. The van der Waals surface area contributed by atoms with Gasteiger partial charge in [-0.3, -0.25) is 9.59 Å². The van der Waals surface area contributed by atoms with E-state index in [2.05, 4.69) is 24.4 Å². The van der Waals surface area contributed by atoms with Crippen LogP contribution in [0.4, 0.5) is 0 Å². The summed E-state index contributed by atoms with van der Waals surface area (Å²) in [5.41, 5.74) is 0. The molecule has 1 unspecified atom stereocenters. The average Bonchev–Trinajstić information content (AvgIpc) is 2.64. The summed E-state index contributed by atoms with van der Waals surface area (Å²) >= 11 is 0. The van der Waals surface area contributed by atoms with E-state index in [1.54, 1.807) is 0 Å². The number of carbonyl (C=O) groups is 3. The van der Waals surface area contributed by atoms with Crippen LogP contribution in [0.25, 0.3) is 0 Å². The Morgan fingerprint density at radius 2 is 1.29 bits per heavy atom. The number of nitrogens with one attached hydrogen (secondary N) is 1. The predicted octanol–water partition coefficient (Wildman–Crippen LogP) is 5.07. The van der Waals surface area contributed by atoms with E-state index in [1.165, 1.54) is 44.9 Å². The third kappa shape index (κ3) is 17.6. The first-order valence-corrected chi connectivity index (χ1v) is 10.9. The number of carbonyl (C=O) groups excluding carboxylic acids is 1. The molecule has 0 aromatic heterocycles. The molecule has 1 atom stereocenters. The summed E-state index contributed by atoms with van der Waals surface area (Å²) in [6.07, 6.45) is 19.4. The van der Waals surface area contributed by atoms with E-state index in [1.807, 2.05) is 0 Å². The second kappa shape index (κ2) is 18.5. The molecule has 0 radical (unpaired) electrons. The monoisotopic (exact) mass is 397 g/mol. The predicted molar refractivity (Wildman–Crippen MR) is 111 cm³/mol. The molecule has 0 aliphatic heterocycles.